The van der Waals surface area contributed by atoms with E-state index >= 15 is 0 Å². The van der Waals surface area contributed by atoms with Crippen molar-refractivity contribution in [2.75, 3.05) is 20.8 Å². The van der Waals surface area contributed by atoms with Crippen molar-refractivity contribution in [3.8, 4) is 12.3 Å². The van der Waals surface area contributed by atoms with E-state index in [0.717, 1.165) is 11.1 Å². The second kappa shape index (κ2) is 9.52. The number of rotatable bonds is 9. The fourth-order valence-electron chi connectivity index (χ4n) is 2.93. The van der Waals surface area contributed by atoms with Gasteiger partial charge in [-0.2, -0.15) is 0 Å². The van der Waals surface area contributed by atoms with Crippen LogP contribution >= 0.6 is 7.60 Å². The maximum Gasteiger partial charge on any atom is 0.351 e. The van der Waals surface area contributed by atoms with Gasteiger partial charge in [0.25, 0.3) is 0 Å². The molecule has 0 aliphatic carbocycles. The maximum absolute atomic E-state index is 13.4. The molecule has 5 heteroatoms. The summed E-state index contributed by atoms with van der Waals surface area (Å²) in [7, 11) is -0.707. The van der Waals surface area contributed by atoms with Crippen LogP contribution in [0.3, 0.4) is 0 Å². The fraction of sp³-hybridized carbons (Fsp3) is 0.238. The Bertz CT molecular complexity index is 806. The van der Waals surface area contributed by atoms with Crippen molar-refractivity contribution in [3.63, 3.8) is 0 Å². The summed E-state index contributed by atoms with van der Waals surface area (Å²) in [5, 5.41) is 0. The fourth-order valence-corrected chi connectivity index (χ4v) is 4.62. The zero-order chi connectivity index (χ0) is 19.0. The highest BCUT2D eigenvalue weighted by molar-refractivity contribution is 7.54. The van der Waals surface area contributed by atoms with E-state index in [1.54, 1.807) is 6.08 Å². The lowest BCUT2D eigenvalue weighted by Gasteiger charge is -2.35. The molecular weight excluding hydrogens is 345 g/mol. The average Bonchev–Trinajstić information content (AvgIpc) is 2.69. The largest absolute Gasteiger partial charge is 0.351 e. The lowest BCUT2D eigenvalue weighted by Crippen LogP contribution is -2.30. The van der Waals surface area contributed by atoms with Crippen LogP contribution in [0.1, 0.15) is 22.5 Å². The van der Waals surface area contributed by atoms with Crippen LogP contribution < -0.4 is 0 Å². The first-order valence-electron chi connectivity index (χ1n) is 8.25. The zero-order valence-electron chi connectivity index (χ0n) is 15.2. The molecule has 0 aromatic heterocycles. The molecule has 0 saturated heterocycles. The molecular formula is C21H24NO3P. The minimum atomic E-state index is -3.49. The molecule has 4 nitrogen and oxygen atoms in total. The highest BCUT2D eigenvalue weighted by Gasteiger charge is 2.40. The first-order valence-corrected chi connectivity index (χ1v) is 9.86. The van der Waals surface area contributed by atoms with Gasteiger partial charge in [-0.15, -0.1) is 13.0 Å². The summed E-state index contributed by atoms with van der Waals surface area (Å²) in [4.78, 5) is 2.01. The third-order valence-electron chi connectivity index (χ3n) is 4.14. The van der Waals surface area contributed by atoms with Crippen LogP contribution in [0, 0.1) is 12.3 Å². The minimum absolute atomic E-state index is 0.495. The van der Waals surface area contributed by atoms with E-state index in [4.69, 9.17) is 15.5 Å². The quantitative estimate of drug-likeness (QED) is 0.360. The monoisotopic (exact) mass is 369 g/mol. The molecule has 2 aromatic carbocycles. The van der Waals surface area contributed by atoms with Gasteiger partial charge in [-0.05, 0) is 17.2 Å². The van der Waals surface area contributed by atoms with Gasteiger partial charge in [0.1, 0.15) is 5.78 Å². The summed E-state index contributed by atoms with van der Waals surface area (Å²) in [5.41, 5.74) is 2.48. The second-order valence-electron chi connectivity index (χ2n) is 5.71. The summed E-state index contributed by atoms with van der Waals surface area (Å²) in [5.74, 6) is 2.02. The molecule has 1 atom stereocenters. The van der Waals surface area contributed by atoms with Gasteiger partial charge in [0, 0.05) is 32.9 Å². The molecule has 0 aliphatic heterocycles. The zero-order valence-corrected chi connectivity index (χ0v) is 16.1. The molecule has 0 amide bonds. The molecule has 0 saturated carbocycles. The number of hydrogen-bond acceptors (Lipinski definition) is 4. The Balaban J connectivity index is 2.58. The summed E-state index contributed by atoms with van der Waals surface area (Å²) >= 11 is 0. The third-order valence-corrected chi connectivity index (χ3v) is 6.36. The van der Waals surface area contributed by atoms with E-state index in [-0.39, 0.29) is 0 Å². The average molecular weight is 369 g/mol. The Kier molecular flexibility index (Phi) is 7.38. The SMILES string of the molecule is C#Cc1ccccc1C(N(CC=C)Cc1ccccc1)P(=O)(OC)OC. The summed E-state index contributed by atoms with van der Waals surface area (Å²) in [6, 6.07) is 17.4. The second-order valence-corrected chi connectivity index (χ2v) is 8.01. The Morgan fingerprint density at radius 3 is 2.35 bits per heavy atom. The minimum Gasteiger partial charge on any atom is -0.311 e. The predicted octanol–water partition coefficient (Wildman–Crippen LogP) is 4.84. The van der Waals surface area contributed by atoms with Crippen LogP contribution in [-0.4, -0.2) is 25.7 Å². The Labute approximate surface area is 156 Å². The number of benzene rings is 2. The molecule has 2 aromatic rings. The molecule has 0 bridgehead atoms. The highest BCUT2D eigenvalue weighted by Crippen LogP contribution is 2.61. The summed E-state index contributed by atoms with van der Waals surface area (Å²) < 4.78 is 24.2. The normalized spacial score (nSPS) is 12.5. The molecule has 0 radical (unpaired) electrons. The summed E-state index contributed by atoms with van der Waals surface area (Å²) in [6.45, 7) is 4.89. The van der Waals surface area contributed by atoms with Crippen LogP contribution in [0.2, 0.25) is 0 Å². The van der Waals surface area contributed by atoms with Gasteiger partial charge < -0.3 is 9.05 Å². The van der Waals surface area contributed by atoms with Gasteiger partial charge in [0.2, 0.25) is 0 Å². The van der Waals surface area contributed by atoms with Gasteiger partial charge in [-0.3, -0.25) is 9.46 Å². The molecule has 2 rings (SSSR count). The third kappa shape index (κ3) is 4.52. The molecule has 0 N–H and O–H groups in total. The van der Waals surface area contributed by atoms with Crippen LogP contribution in [0.15, 0.2) is 67.3 Å². The van der Waals surface area contributed by atoms with Gasteiger partial charge in [0.05, 0.1) is 0 Å². The van der Waals surface area contributed by atoms with Gasteiger partial charge in [0.15, 0.2) is 0 Å². The van der Waals surface area contributed by atoms with Crippen molar-refractivity contribution in [2.24, 2.45) is 0 Å². The smallest absolute Gasteiger partial charge is 0.311 e. The van der Waals surface area contributed by atoms with Crippen LogP contribution in [0.5, 0.6) is 0 Å². The molecule has 0 fully saturated rings. The molecule has 1 unspecified atom stereocenters. The van der Waals surface area contributed by atoms with Gasteiger partial charge in [-0.25, -0.2) is 0 Å². The molecule has 0 spiro atoms. The van der Waals surface area contributed by atoms with Crippen molar-refractivity contribution in [1.82, 2.24) is 4.90 Å². The Morgan fingerprint density at radius 1 is 1.15 bits per heavy atom. The predicted molar refractivity (Wildman–Crippen MR) is 106 cm³/mol. The first-order chi connectivity index (χ1) is 12.6. The van der Waals surface area contributed by atoms with Crippen molar-refractivity contribution in [1.29, 1.82) is 0 Å². The summed E-state index contributed by atoms with van der Waals surface area (Å²) in [6.07, 6.45) is 7.45. The first kappa shape index (κ1) is 20.2. The number of nitrogens with zero attached hydrogens (tertiary/aromatic N) is 1. The molecule has 0 aliphatic rings. The van der Waals surface area contributed by atoms with E-state index < -0.39 is 13.4 Å². The van der Waals surface area contributed by atoms with E-state index in [2.05, 4.69) is 12.5 Å². The van der Waals surface area contributed by atoms with Gasteiger partial charge in [-0.1, -0.05) is 60.5 Å². The maximum atomic E-state index is 13.4. The lowest BCUT2D eigenvalue weighted by molar-refractivity contribution is 0.194. The van der Waals surface area contributed by atoms with E-state index in [9.17, 15) is 4.57 Å². The van der Waals surface area contributed by atoms with Crippen LogP contribution in [0.4, 0.5) is 0 Å². The van der Waals surface area contributed by atoms with Gasteiger partial charge >= 0.3 is 7.60 Å². The van der Waals surface area contributed by atoms with Crippen molar-refractivity contribution < 1.29 is 13.6 Å². The van der Waals surface area contributed by atoms with E-state index in [1.807, 2.05) is 59.5 Å². The van der Waals surface area contributed by atoms with E-state index in [0.29, 0.717) is 18.7 Å². The number of terminal acetylenes is 1. The number of hydrogen-bond donors (Lipinski definition) is 0. The van der Waals surface area contributed by atoms with Crippen LogP contribution in [-0.2, 0) is 20.2 Å². The Hall–Kier alpha value is -2.15. The van der Waals surface area contributed by atoms with Crippen molar-refractivity contribution in [2.45, 2.75) is 12.3 Å². The van der Waals surface area contributed by atoms with Crippen LogP contribution in [0.25, 0.3) is 0 Å². The van der Waals surface area contributed by atoms with Crippen molar-refractivity contribution in [3.05, 3.63) is 83.9 Å². The lowest BCUT2D eigenvalue weighted by atomic mass is 10.1. The Morgan fingerprint density at radius 2 is 1.77 bits per heavy atom. The van der Waals surface area contributed by atoms with E-state index in [1.165, 1.54) is 14.2 Å². The highest BCUT2D eigenvalue weighted by atomic mass is 31.2. The topological polar surface area (TPSA) is 38.8 Å². The molecule has 0 heterocycles. The standard InChI is InChI=1S/C21H24NO3P/c1-5-16-22(17-18-12-8-7-9-13-18)21(26(23,24-3)25-4)20-15-11-10-14-19(20)6-2/h2,5,7-15,21H,1,16-17H2,3-4H3. The molecule has 136 valence electrons. The van der Waals surface area contributed by atoms with Crippen molar-refractivity contribution >= 4 is 7.60 Å². The molecule has 26 heavy (non-hydrogen) atoms.